The molecule has 1 fully saturated rings. The van der Waals surface area contributed by atoms with Crippen LogP contribution in [0.15, 0.2) is 18.2 Å². The number of carbonyl (C=O) groups is 2. The van der Waals surface area contributed by atoms with Crippen LogP contribution < -0.4 is 4.74 Å². The first-order chi connectivity index (χ1) is 14.8. The van der Waals surface area contributed by atoms with Crippen molar-refractivity contribution in [3.63, 3.8) is 0 Å². The summed E-state index contributed by atoms with van der Waals surface area (Å²) in [6.45, 7) is 2.81. The SMILES string of the molecule is CO[C@@H]1CC[C@H]2CCOc3c(C#N)cccc3C(=O)N(C)C[C@@H](C)C(=O)N(C)C[C@H]1O2. The van der Waals surface area contributed by atoms with Gasteiger partial charge in [0.05, 0.1) is 35.9 Å². The molecule has 0 aromatic heterocycles. The van der Waals surface area contributed by atoms with Gasteiger partial charge in [-0.25, -0.2) is 0 Å². The Morgan fingerprint density at radius 1 is 1.13 bits per heavy atom. The molecular formula is C23H31N3O5. The molecule has 0 N–H and O–H groups in total. The van der Waals surface area contributed by atoms with Gasteiger partial charge in [0.15, 0.2) is 0 Å². The van der Waals surface area contributed by atoms with Crippen LogP contribution in [0.25, 0.3) is 0 Å². The van der Waals surface area contributed by atoms with E-state index >= 15 is 0 Å². The summed E-state index contributed by atoms with van der Waals surface area (Å²) in [7, 11) is 5.08. The Balaban J connectivity index is 1.92. The van der Waals surface area contributed by atoms with Crippen molar-refractivity contribution in [3.05, 3.63) is 29.3 Å². The van der Waals surface area contributed by atoms with Crippen molar-refractivity contribution >= 4 is 11.8 Å². The van der Waals surface area contributed by atoms with Crippen LogP contribution in [0.4, 0.5) is 0 Å². The van der Waals surface area contributed by atoms with Gasteiger partial charge in [-0.2, -0.15) is 5.26 Å². The molecule has 2 heterocycles. The lowest BCUT2D eigenvalue weighted by molar-refractivity contribution is -0.152. The standard InChI is InChI=1S/C23H31N3O5/c1-15-13-25(2)23(28)18-7-5-6-16(12-24)21(18)30-11-10-17-8-9-19(29-4)20(31-17)14-26(3)22(15)27/h5-7,15,17,19-20H,8-11,13-14H2,1-4H3/t15-,17+,19-,20-/m1/s1. The number of nitrogens with zero attached hydrogens (tertiary/aromatic N) is 3. The largest absolute Gasteiger partial charge is 0.491 e. The maximum atomic E-state index is 13.1. The predicted molar refractivity (Wildman–Crippen MR) is 114 cm³/mol. The molecule has 1 aromatic carbocycles. The summed E-state index contributed by atoms with van der Waals surface area (Å²) in [5.74, 6) is -0.445. The minimum Gasteiger partial charge on any atom is -0.491 e. The highest BCUT2D eigenvalue weighted by Crippen LogP contribution is 2.28. The van der Waals surface area contributed by atoms with Crippen LogP contribution in [0.3, 0.4) is 0 Å². The van der Waals surface area contributed by atoms with Gasteiger partial charge in [0.1, 0.15) is 17.9 Å². The Bertz CT molecular complexity index is 852. The quantitative estimate of drug-likeness (QED) is 0.679. The third-order valence-corrected chi connectivity index (χ3v) is 6.06. The molecule has 0 saturated carbocycles. The Morgan fingerprint density at radius 3 is 2.61 bits per heavy atom. The molecule has 1 saturated heterocycles. The fraction of sp³-hybridized carbons (Fsp3) is 0.609. The third-order valence-electron chi connectivity index (χ3n) is 6.06. The number of hydrogen-bond donors (Lipinski definition) is 0. The topological polar surface area (TPSA) is 92.1 Å². The average Bonchev–Trinajstić information content (AvgIpc) is 2.77. The molecule has 4 atom stereocenters. The third kappa shape index (κ3) is 5.17. The van der Waals surface area contributed by atoms with Crippen molar-refractivity contribution < 1.29 is 23.8 Å². The molecule has 31 heavy (non-hydrogen) atoms. The highest BCUT2D eigenvalue weighted by atomic mass is 16.5. The van der Waals surface area contributed by atoms with Crippen LogP contribution in [0.2, 0.25) is 0 Å². The van der Waals surface area contributed by atoms with Gasteiger partial charge in [0.2, 0.25) is 5.91 Å². The first kappa shape index (κ1) is 23.0. The van der Waals surface area contributed by atoms with E-state index in [0.29, 0.717) is 30.7 Å². The first-order valence-electron chi connectivity index (χ1n) is 10.7. The molecule has 168 valence electrons. The van der Waals surface area contributed by atoms with Crippen molar-refractivity contribution in [3.8, 4) is 11.8 Å². The van der Waals surface area contributed by atoms with E-state index in [1.807, 2.05) is 6.92 Å². The molecule has 2 amide bonds. The van der Waals surface area contributed by atoms with Gasteiger partial charge in [0, 0.05) is 40.7 Å². The lowest BCUT2D eigenvalue weighted by Gasteiger charge is -2.38. The van der Waals surface area contributed by atoms with Crippen LogP contribution in [0.5, 0.6) is 5.75 Å². The molecule has 8 heteroatoms. The summed E-state index contributed by atoms with van der Waals surface area (Å²) < 4.78 is 17.8. The van der Waals surface area contributed by atoms with E-state index in [1.54, 1.807) is 44.3 Å². The minimum atomic E-state index is -0.395. The van der Waals surface area contributed by atoms with Crippen LogP contribution in [-0.4, -0.2) is 80.8 Å². The van der Waals surface area contributed by atoms with Crippen LogP contribution in [-0.2, 0) is 14.3 Å². The highest BCUT2D eigenvalue weighted by molar-refractivity contribution is 5.97. The molecule has 0 spiro atoms. The summed E-state index contributed by atoms with van der Waals surface area (Å²) in [5.41, 5.74) is 0.639. The number of para-hydroxylation sites is 1. The van der Waals surface area contributed by atoms with E-state index < -0.39 is 5.92 Å². The van der Waals surface area contributed by atoms with Crippen molar-refractivity contribution in [2.75, 3.05) is 40.9 Å². The number of benzene rings is 1. The second-order valence-corrected chi connectivity index (χ2v) is 8.38. The summed E-state index contributed by atoms with van der Waals surface area (Å²) in [4.78, 5) is 29.2. The number of nitriles is 1. The van der Waals surface area contributed by atoms with Gasteiger partial charge in [0.25, 0.3) is 5.91 Å². The second kappa shape index (κ2) is 10.1. The van der Waals surface area contributed by atoms with Crippen LogP contribution in [0.1, 0.15) is 42.1 Å². The van der Waals surface area contributed by atoms with E-state index in [4.69, 9.17) is 14.2 Å². The number of likely N-dealkylation sites (N-methyl/N-ethyl adjacent to an activating group) is 1. The zero-order chi connectivity index (χ0) is 22.5. The number of carbonyl (C=O) groups excluding carboxylic acids is 2. The summed E-state index contributed by atoms with van der Waals surface area (Å²) >= 11 is 0. The number of amides is 2. The first-order valence-corrected chi connectivity index (χ1v) is 10.7. The fourth-order valence-corrected chi connectivity index (χ4v) is 4.34. The Morgan fingerprint density at radius 2 is 1.90 bits per heavy atom. The van der Waals surface area contributed by atoms with E-state index in [1.165, 1.54) is 4.90 Å². The van der Waals surface area contributed by atoms with Gasteiger partial charge >= 0.3 is 0 Å². The average molecular weight is 430 g/mol. The number of rotatable bonds is 1. The predicted octanol–water partition coefficient (Wildman–Crippen LogP) is 2.07. The maximum absolute atomic E-state index is 13.1. The van der Waals surface area contributed by atoms with Gasteiger partial charge in [-0.05, 0) is 25.0 Å². The van der Waals surface area contributed by atoms with E-state index in [9.17, 15) is 14.9 Å². The van der Waals surface area contributed by atoms with E-state index in [-0.39, 0.29) is 42.4 Å². The molecule has 8 nitrogen and oxygen atoms in total. The van der Waals surface area contributed by atoms with Gasteiger partial charge < -0.3 is 24.0 Å². The smallest absolute Gasteiger partial charge is 0.257 e. The molecular weight excluding hydrogens is 398 g/mol. The second-order valence-electron chi connectivity index (χ2n) is 8.38. The number of fused-ring (bicyclic) bond motifs is 3. The number of hydrogen-bond acceptors (Lipinski definition) is 6. The van der Waals surface area contributed by atoms with Gasteiger partial charge in [-0.15, -0.1) is 0 Å². The van der Waals surface area contributed by atoms with Crippen molar-refractivity contribution in [1.29, 1.82) is 5.26 Å². The summed E-state index contributed by atoms with van der Waals surface area (Å²) in [6, 6.07) is 7.07. The maximum Gasteiger partial charge on any atom is 0.257 e. The zero-order valence-corrected chi connectivity index (χ0v) is 18.7. The lowest BCUT2D eigenvalue weighted by Crippen LogP contribution is -2.49. The molecule has 2 aliphatic heterocycles. The molecule has 0 unspecified atom stereocenters. The zero-order valence-electron chi connectivity index (χ0n) is 18.7. The monoisotopic (exact) mass is 429 g/mol. The van der Waals surface area contributed by atoms with E-state index in [2.05, 4.69) is 6.07 Å². The van der Waals surface area contributed by atoms with Crippen molar-refractivity contribution in [1.82, 2.24) is 9.80 Å². The van der Waals surface area contributed by atoms with E-state index in [0.717, 1.165) is 12.8 Å². The Labute approximate surface area is 183 Å². The molecule has 2 aliphatic rings. The van der Waals surface area contributed by atoms with Gasteiger partial charge in [-0.1, -0.05) is 13.0 Å². The highest BCUT2D eigenvalue weighted by Gasteiger charge is 2.34. The normalized spacial score (nSPS) is 28.1. The lowest BCUT2D eigenvalue weighted by atomic mass is 9.98. The van der Waals surface area contributed by atoms with Crippen LogP contribution >= 0.6 is 0 Å². The molecule has 0 aliphatic carbocycles. The number of ether oxygens (including phenoxy) is 3. The van der Waals surface area contributed by atoms with Crippen molar-refractivity contribution in [2.24, 2.45) is 5.92 Å². The molecule has 3 rings (SSSR count). The molecule has 1 aromatic rings. The van der Waals surface area contributed by atoms with Gasteiger partial charge in [-0.3, -0.25) is 9.59 Å². The molecule has 0 radical (unpaired) electrons. The number of methoxy groups -OCH3 is 1. The molecule has 2 bridgehead atoms. The summed E-state index contributed by atoms with van der Waals surface area (Å²) in [5, 5.41) is 9.51. The fourth-order valence-electron chi connectivity index (χ4n) is 4.34. The van der Waals surface area contributed by atoms with Crippen molar-refractivity contribution in [2.45, 2.75) is 44.5 Å². The van der Waals surface area contributed by atoms with Crippen LogP contribution in [0, 0.1) is 17.2 Å². The Kier molecular flexibility index (Phi) is 7.52. The minimum absolute atomic E-state index is 0.0430. The Hall–Kier alpha value is -2.63. The summed E-state index contributed by atoms with van der Waals surface area (Å²) in [6.07, 6.45) is 1.93.